The van der Waals surface area contributed by atoms with Gasteiger partial charge in [-0.05, 0) is 38.3 Å². The molecule has 0 bridgehead atoms. The summed E-state index contributed by atoms with van der Waals surface area (Å²) in [7, 11) is 0. The van der Waals surface area contributed by atoms with Crippen LogP contribution < -0.4 is 4.90 Å². The molecule has 1 aliphatic heterocycles. The van der Waals surface area contributed by atoms with Gasteiger partial charge in [-0.15, -0.1) is 0 Å². The fourth-order valence-corrected chi connectivity index (χ4v) is 2.50. The summed E-state index contributed by atoms with van der Waals surface area (Å²) in [5, 5.41) is 9.30. The van der Waals surface area contributed by atoms with Crippen LogP contribution in [0.15, 0.2) is 12.1 Å². The number of nitrogens with zero attached hydrogens (tertiary/aromatic N) is 2. The molecular weight excluding hydrogens is 256 g/mol. The van der Waals surface area contributed by atoms with Gasteiger partial charge in [0.05, 0.1) is 6.10 Å². The van der Waals surface area contributed by atoms with E-state index < -0.39 is 5.97 Å². The zero-order valence-corrected chi connectivity index (χ0v) is 12.1. The third-order valence-corrected chi connectivity index (χ3v) is 3.48. The highest BCUT2D eigenvalue weighted by Gasteiger charge is 2.25. The maximum absolute atomic E-state index is 11.3. The number of hydrogen-bond acceptors (Lipinski definition) is 4. The van der Waals surface area contributed by atoms with Crippen molar-refractivity contribution in [3.8, 4) is 0 Å². The van der Waals surface area contributed by atoms with E-state index in [2.05, 4.69) is 11.9 Å². The number of ether oxygens (including phenoxy) is 1. The van der Waals surface area contributed by atoms with Crippen LogP contribution in [0.2, 0.25) is 0 Å². The van der Waals surface area contributed by atoms with Gasteiger partial charge in [0.25, 0.3) is 0 Å². The maximum atomic E-state index is 11.3. The molecule has 1 atom stereocenters. The van der Waals surface area contributed by atoms with Crippen LogP contribution in [0.3, 0.4) is 0 Å². The lowest BCUT2D eigenvalue weighted by Crippen LogP contribution is -2.41. The molecule has 1 aromatic heterocycles. The molecule has 0 aliphatic carbocycles. The average Bonchev–Trinajstić information content (AvgIpc) is 2.45. The zero-order chi connectivity index (χ0) is 14.5. The molecule has 0 spiro atoms. The molecule has 0 amide bonds. The second kappa shape index (κ2) is 6.70. The van der Waals surface area contributed by atoms with Crippen molar-refractivity contribution in [2.45, 2.75) is 39.2 Å². The molecule has 1 fully saturated rings. The Balaban J connectivity index is 2.17. The lowest BCUT2D eigenvalue weighted by Gasteiger charge is -2.34. The SMILES string of the molecule is CCCOC1CCCN(c2nc(C)ccc2C(=O)O)C1. The van der Waals surface area contributed by atoms with Crippen LogP contribution >= 0.6 is 0 Å². The van der Waals surface area contributed by atoms with E-state index in [-0.39, 0.29) is 11.7 Å². The zero-order valence-electron chi connectivity index (χ0n) is 12.1. The average molecular weight is 278 g/mol. The molecule has 1 saturated heterocycles. The number of carboxylic acids is 1. The van der Waals surface area contributed by atoms with E-state index in [9.17, 15) is 9.90 Å². The number of pyridine rings is 1. The predicted octanol–water partition coefficient (Wildman–Crippen LogP) is 2.48. The summed E-state index contributed by atoms with van der Waals surface area (Å²) in [6.07, 6.45) is 3.21. The highest BCUT2D eigenvalue weighted by Crippen LogP contribution is 2.24. The molecule has 110 valence electrons. The summed E-state index contributed by atoms with van der Waals surface area (Å²) >= 11 is 0. The number of rotatable bonds is 5. The molecule has 0 radical (unpaired) electrons. The van der Waals surface area contributed by atoms with Crippen molar-refractivity contribution >= 4 is 11.8 Å². The number of anilines is 1. The minimum atomic E-state index is -0.927. The molecule has 1 aromatic rings. The number of aromatic nitrogens is 1. The van der Waals surface area contributed by atoms with Crippen LogP contribution in [0.1, 0.15) is 42.2 Å². The van der Waals surface area contributed by atoms with Gasteiger partial charge in [0.15, 0.2) is 0 Å². The van der Waals surface area contributed by atoms with E-state index in [1.807, 2.05) is 11.8 Å². The first-order chi connectivity index (χ1) is 9.61. The summed E-state index contributed by atoms with van der Waals surface area (Å²) in [6, 6.07) is 3.37. The molecule has 5 nitrogen and oxygen atoms in total. The van der Waals surface area contributed by atoms with Gasteiger partial charge in [0.2, 0.25) is 0 Å². The molecule has 0 saturated carbocycles. The standard InChI is InChI=1S/C15H22N2O3/c1-3-9-20-12-5-4-8-17(10-12)14-13(15(18)19)7-6-11(2)16-14/h6-7,12H,3-5,8-10H2,1-2H3,(H,18,19). The van der Waals surface area contributed by atoms with Crippen molar-refractivity contribution in [2.24, 2.45) is 0 Å². The van der Waals surface area contributed by atoms with Crippen molar-refractivity contribution in [3.63, 3.8) is 0 Å². The van der Waals surface area contributed by atoms with Crippen molar-refractivity contribution < 1.29 is 14.6 Å². The molecule has 1 aliphatic rings. The smallest absolute Gasteiger partial charge is 0.339 e. The van der Waals surface area contributed by atoms with Gasteiger partial charge in [-0.3, -0.25) is 0 Å². The Hall–Kier alpha value is -1.62. The van der Waals surface area contributed by atoms with Gasteiger partial charge in [-0.25, -0.2) is 9.78 Å². The topological polar surface area (TPSA) is 62.7 Å². The summed E-state index contributed by atoms with van der Waals surface area (Å²) in [6.45, 7) is 6.28. The highest BCUT2D eigenvalue weighted by atomic mass is 16.5. The van der Waals surface area contributed by atoms with Gasteiger partial charge < -0.3 is 14.7 Å². The van der Waals surface area contributed by atoms with Gasteiger partial charge in [0, 0.05) is 25.4 Å². The molecule has 20 heavy (non-hydrogen) atoms. The normalized spacial score (nSPS) is 19.1. The largest absolute Gasteiger partial charge is 0.478 e. The number of carboxylic acid groups (broad SMARTS) is 1. The summed E-state index contributed by atoms with van der Waals surface area (Å²) < 4.78 is 5.80. The predicted molar refractivity (Wildman–Crippen MR) is 77.4 cm³/mol. The number of aryl methyl sites for hydroxylation is 1. The Morgan fingerprint density at radius 1 is 1.55 bits per heavy atom. The number of aromatic carboxylic acids is 1. The lowest BCUT2D eigenvalue weighted by molar-refractivity contribution is 0.0437. The van der Waals surface area contributed by atoms with E-state index >= 15 is 0 Å². The first-order valence-electron chi connectivity index (χ1n) is 7.19. The fourth-order valence-electron chi connectivity index (χ4n) is 2.50. The molecule has 5 heteroatoms. The number of carbonyl (C=O) groups is 1. The van der Waals surface area contributed by atoms with E-state index in [1.165, 1.54) is 0 Å². The van der Waals surface area contributed by atoms with Crippen molar-refractivity contribution in [2.75, 3.05) is 24.6 Å². The van der Waals surface area contributed by atoms with Gasteiger partial charge in [-0.1, -0.05) is 6.92 Å². The Labute approximate surface area is 119 Å². The minimum Gasteiger partial charge on any atom is -0.478 e. The molecule has 0 aromatic carbocycles. The second-order valence-electron chi connectivity index (χ2n) is 5.21. The minimum absolute atomic E-state index is 0.174. The quantitative estimate of drug-likeness (QED) is 0.896. The third-order valence-electron chi connectivity index (χ3n) is 3.48. The first kappa shape index (κ1) is 14.8. The Kier molecular flexibility index (Phi) is 4.95. The molecular formula is C15H22N2O3. The molecule has 2 heterocycles. The Morgan fingerprint density at radius 3 is 3.05 bits per heavy atom. The summed E-state index contributed by atoms with van der Waals surface area (Å²) in [5.74, 6) is -0.355. The van der Waals surface area contributed by atoms with Crippen molar-refractivity contribution in [1.82, 2.24) is 4.98 Å². The fraction of sp³-hybridized carbons (Fsp3) is 0.600. The van der Waals surface area contributed by atoms with Crippen molar-refractivity contribution in [1.29, 1.82) is 0 Å². The Bertz CT molecular complexity index is 476. The van der Waals surface area contributed by atoms with Gasteiger partial charge >= 0.3 is 5.97 Å². The van der Waals surface area contributed by atoms with E-state index in [0.29, 0.717) is 5.82 Å². The highest BCUT2D eigenvalue weighted by molar-refractivity contribution is 5.93. The monoisotopic (exact) mass is 278 g/mol. The van der Waals surface area contributed by atoms with Crippen LogP contribution in [-0.2, 0) is 4.74 Å². The molecule has 1 N–H and O–H groups in total. The van der Waals surface area contributed by atoms with E-state index in [0.717, 1.165) is 44.7 Å². The van der Waals surface area contributed by atoms with Crippen molar-refractivity contribution in [3.05, 3.63) is 23.4 Å². The van der Waals surface area contributed by atoms with Gasteiger partial charge in [-0.2, -0.15) is 0 Å². The van der Waals surface area contributed by atoms with Crippen LogP contribution in [0, 0.1) is 6.92 Å². The van der Waals surface area contributed by atoms with E-state index in [1.54, 1.807) is 12.1 Å². The lowest BCUT2D eigenvalue weighted by atomic mass is 10.1. The summed E-state index contributed by atoms with van der Waals surface area (Å²) in [5.41, 5.74) is 1.10. The third kappa shape index (κ3) is 3.48. The van der Waals surface area contributed by atoms with Crippen LogP contribution in [-0.4, -0.2) is 41.9 Å². The van der Waals surface area contributed by atoms with E-state index in [4.69, 9.17) is 4.74 Å². The maximum Gasteiger partial charge on any atom is 0.339 e. The summed E-state index contributed by atoms with van der Waals surface area (Å²) in [4.78, 5) is 17.8. The number of piperidine rings is 1. The first-order valence-corrected chi connectivity index (χ1v) is 7.19. The van der Waals surface area contributed by atoms with Gasteiger partial charge in [0.1, 0.15) is 11.4 Å². The van der Waals surface area contributed by atoms with Crippen LogP contribution in [0.25, 0.3) is 0 Å². The molecule has 1 unspecified atom stereocenters. The number of hydrogen-bond donors (Lipinski definition) is 1. The van der Waals surface area contributed by atoms with Crippen LogP contribution in [0.4, 0.5) is 5.82 Å². The van der Waals surface area contributed by atoms with Crippen LogP contribution in [0.5, 0.6) is 0 Å². The second-order valence-corrected chi connectivity index (χ2v) is 5.21. The molecule has 2 rings (SSSR count). The Morgan fingerprint density at radius 2 is 2.35 bits per heavy atom.